The van der Waals surface area contributed by atoms with E-state index in [1.54, 1.807) is 0 Å². The number of nitrogen functional groups attached to an aromatic ring is 1. The molecule has 0 radical (unpaired) electrons. The molecule has 122 valence electrons. The first-order valence-electron chi connectivity index (χ1n) is 6.50. The number of anilines is 1. The molecule has 9 heteroatoms. The van der Waals surface area contributed by atoms with Crippen molar-refractivity contribution in [2.75, 3.05) is 12.3 Å². The van der Waals surface area contributed by atoms with Gasteiger partial charge in [-0.3, -0.25) is 9.59 Å². The molecule has 0 spiro atoms. The standard InChI is InChI=1S/C14H13Cl2N3O4/c1-8(20)22-5-4-19-13(21)3-2-12(18-19)23-14-10(15)6-9(17)7-11(14)16/h2-3,6-7H,4-5,17H2,1H3. The molecule has 0 atom stereocenters. The van der Waals surface area contributed by atoms with E-state index in [9.17, 15) is 9.59 Å². The van der Waals surface area contributed by atoms with E-state index in [0.29, 0.717) is 5.69 Å². The van der Waals surface area contributed by atoms with Gasteiger partial charge in [-0.05, 0) is 12.1 Å². The van der Waals surface area contributed by atoms with Crippen LogP contribution in [0.15, 0.2) is 29.1 Å². The largest absolute Gasteiger partial charge is 0.464 e. The molecule has 0 unspecified atom stereocenters. The lowest BCUT2D eigenvalue weighted by Crippen LogP contribution is -2.24. The second-order valence-electron chi connectivity index (χ2n) is 4.49. The molecule has 1 aromatic carbocycles. The molecule has 1 aromatic heterocycles. The van der Waals surface area contributed by atoms with Gasteiger partial charge in [0.05, 0.1) is 16.6 Å². The van der Waals surface area contributed by atoms with Crippen molar-refractivity contribution >= 4 is 34.9 Å². The number of rotatable bonds is 5. The number of carbonyl (C=O) groups excluding carboxylic acids is 1. The fraction of sp³-hybridized carbons (Fsp3) is 0.214. The van der Waals surface area contributed by atoms with Gasteiger partial charge in [0.1, 0.15) is 6.61 Å². The Morgan fingerprint density at radius 3 is 2.57 bits per heavy atom. The average molecular weight is 358 g/mol. The van der Waals surface area contributed by atoms with Gasteiger partial charge >= 0.3 is 5.97 Å². The van der Waals surface area contributed by atoms with Gasteiger partial charge < -0.3 is 15.2 Å². The lowest BCUT2D eigenvalue weighted by molar-refractivity contribution is -0.141. The first-order valence-corrected chi connectivity index (χ1v) is 7.26. The van der Waals surface area contributed by atoms with Gasteiger partial charge in [0.25, 0.3) is 5.56 Å². The van der Waals surface area contributed by atoms with Gasteiger partial charge in [0, 0.05) is 24.7 Å². The number of carbonyl (C=O) groups is 1. The molecular weight excluding hydrogens is 345 g/mol. The number of nitrogens with two attached hydrogens (primary N) is 1. The van der Waals surface area contributed by atoms with Crippen LogP contribution in [-0.2, 0) is 16.1 Å². The maximum atomic E-state index is 11.7. The summed E-state index contributed by atoms with van der Waals surface area (Å²) in [4.78, 5) is 22.4. The molecule has 0 amide bonds. The summed E-state index contributed by atoms with van der Waals surface area (Å²) < 4.78 is 11.4. The maximum absolute atomic E-state index is 11.7. The van der Waals surface area contributed by atoms with Crippen LogP contribution in [0.4, 0.5) is 5.69 Å². The highest BCUT2D eigenvalue weighted by Crippen LogP contribution is 2.37. The predicted molar refractivity (Wildman–Crippen MR) is 86.1 cm³/mol. The molecule has 0 saturated carbocycles. The highest BCUT2D eigenvalue weighted by molar-refractivity contribution is 6.37. The summed E-state index contributed by atoms with van der Waals surface area (Å²) >= 11 is 12.1. The molecule has 2 rings (SSSR count). The Kier molecular flexibility index (Phi) is 5.46. The molecule has 0 fully saturated rings. The van der Waals surface area contributed by atoms with Crippen LogP contribution in [-0.4, -0.2) is 22.4 Å². The zero-order chi connectivity index (χ0) is 17.0. The lowest BCUT2D eigenvalue weighted by Gasteiger charge is -2.11. The maximum Gasteiger partial charge on any atom is 0.302 e. The van der Waals surface area contributed by atoms with Crippen LogP contribution in [0, 0.1) is 0 Å². The average Bonchev–Trinajstić information content (AvgIpc) is 2.45. The topological polar surface area (TPSA) is 96.4 Å². The van der Waals surface area contributed by atoms with Crippen LogP contribution in [0.3, 0.4) is 0 Å². The Bertz CT molecular complexity index is 769. The molecule has 2 aromatic rings. The Balaban J connectivity index is 2.21. The fourth-order valence-electron chi connectivity index (χ4n) is 1.70. The highest BCUT2D eigenvalue weighted by Gasteiger charge is 2.12. The fourth-order valence-corrected chi connectivity index (χ4v) is 2.28. The number of esters is 1. The van der Waals surface area contributed by atoms with Crippen LogP contribution >= 0.6 is 23.2 Å². The second kappa shape index (κ2) is 7.34. The number of hydrogen-bond donors (Lipinski definition) is 1. The minimum absolute atomic E-state index is 0.0229. The van der Waals surface area contributed by atoms with Crippen molar-refractivity contribution in [3.63, 3.8) is 0 Å². The SMILES string of the molecule is CC(=O)OCCn1nc(Oc2c(Cl)cc(N)cc2Cl)ccc1=O. The van der Waals surface area contributed by atoms with E-state index in [0.717, 1.165) is 4.68 Å². The van der Waals surface area contributed by atoms with E-state index in [2.05, 4.69) is 5.10 Å². The number of benzene rings is 1. The Hall–Kier alpha value is -2.25. The van der Waals surface area contributed by atoms with Crippen molar-refractivity contribution in [2.45, 2.75) is 13.5 Å². The molecule has 0 aliphatic carbocycles. The minimum Gasteiger partial charge on any atom is -0.464 e. The number of halogens is 2. The van der Waals surface area contributed by atoms with Crippen LogP contribution in [0.2, 0.25) is 10.0 Å². The molecular formula is C14H13Cl2N3O4. The third-order valence-corrected chi connectivity index (χ3v) is 3.24. The van der Waals surface area contributed by atoms with Crippen molar-refractivity contribution in [1.29, 1.82) is 0 Å². The van der Waals surface area contributed by atoms with Gasteiger partial charge in [0.2, 0.25) is 5.88 Å². The van der Waals surface area contributed by atoms with Crippen molar-refractivity contribution in [3.05, 3.63) is 44.7 Å². The first kappa shape index (κ1) is 17.1. The van der Waals surface area contributed by atoms with E-state index >= 15 is 0 Å². The number of hydrogen-bond acceptors (Lipinski definition) is 6. The monoisotopic (exact) mass is 357 g/mol. The third-order valence-electron chi connectivity index (χ3n) is 2.68. The van der Waals surface area contributed by atoms with E-state index < -0.39 is 5.97 Å². The quantitative estimate of drug-likeness (QED) is 0.652. The van der Waals surface area contributed by atoms with Gasteiger partial charge in [-0.15, -0.1) is 5.10 Å². The van der Waals surface area contributed by atoms with E-state index in [4.69, 9.17) is 38.4 Å². The molecule has 0 bridgehead atoms. The minimum atomic E-state index is -0.439. The van der Waals surface area contributed by atoms with E-state index in [1.807, 2.05) is 0 Å². The van der Waals surface area contributed by atoms with Gasteiger partial charge in [-0.25, -0.2) is 4.68 Å². The smallest absolute Gasteiger partial charge is 0.302 e. The Labute approximate surface area is 141 Å². The van der Waals surface area contributed by atoms with E-state index in [-0.39, 0.29) is 40.4 Å². The predicted octanol–water partition coefficient (Wildman–Crippen LogP) is 2.49. The van der Waals surface area contributed by atoms with E-state index in [1.165, 1.54) is 31.2 Å². The molecule has 23 heavy (non-hydrogen) atoms. The molecule has 1 heterocycles. The van der Waals surface area contributed by atoms with Crippen LogP contribution in [0.5, 0.6) is 11.6 Å². The van der Waals surface area contributed by atoms with Crippen molar-refractivity contribution < 1.29 is 14.3 Å². The number of ether oxygens (including phenoxy) is 2. The van der Waals surface area contributed by atoms with Gasteiger partial charge in [0.15, 0.2) is 5.75 Å². The third kappa shape index (κ3) is 4.61. The van der Waals surface area contributed by atoms with Crippen molar-refractivity contribution in [1.82, 2.24) is 9.78 Å². The number of aromatic nitrogens is 2. The molecule has 0 aliphatic rings. The van der Waals surface area contributed by atoms with Gasteiger partial charge in [-0.2, -0.15) is 0 Å². The zero-order valence-electron chi connectivity index (χ0n) is 12.1. The normalized spacial score (nSPS) is 10.4. The molecule has 0 aliphatic heterocycles. The summed E-state index contributed by atoms with van der Waals surface area (Å²) in [6.07, 6.45) is 0. The zero-order valence-corrected chi connectivity index (χ0v) is 13.6. The van der Waals surface area contributed by atoms with Crippen molar-refractivity contribution in [3.8, 4) is 11.6 Å². The van der Waals surface area contributed by atoms with Crippen LogP contribution in [0.25, 0.3) is 0 Å². The highest BCUT2D eigenvalue weighted by atomic mass is 35.5. The summed E-state index contributed by atoms with van der Waals surface area (Å²) in [5.41, 5.74) is 5.65. The number of nitrogens with zero attached hydrogens (tertiary/aromatic N) is 2. The lowest BCUT2D eigenvalue weighted by atomic mass is 10.3. The summed E-state index contributed by atoms with van der Waals surface area (Å²) in [6, 6.07) is 5.63. The van der Waals surface area contributed by atoms with Crippen LogP contribution < -0.4 is 16.0 Å². The summed E-state index contributed by atoms with van der Waals surface area (Å²) in [6.45, 7) is 1.40. The first-order chi connectivity index (χ1) is 10.9. The van der Waals surface area contributed by atoms with Crippen molar-refractivity contribution in [2.24, 2.45) is 0 Å². The summed E-state index contributed by atoms with van der Waals surface area (Å²) in [7, 11) is 0. The Morgan fingerprint density at radius 2 is 1.96 bits per heavy atom. The molecule has 0 saturated heterocycles. The molecule has 7 nitrogen and oxygen atoms in total. The summed E-state index contributed by atoms with van der Waals surface area (Å²) in [5, 5.41) is 4.45. The summed E-state index contributed by atoms with van der Waals surface area (Å²) in [5.74, 6) is -0.146. The Morgan fingerprint density at radius 1 is 1.30 bits per heavy atom. The van der Waals surface area contributed by atoms with Crippen LogP contribution in [0.1, 0.15) is 6.92 Å². The molecule has 2 N–H and O–H groups in total. The second-order valence-corrected chi connectivity index (χ2v) is 5.30. The van der Waals surface area contributed by atoms with Gasteiger partial charge in [-0.1, -0.05) is 23.2 Å².